The summed E-state index contributed by atoms with van der Waals surface area (Å²) in [6.45, 7) is 18.1. The van der Waals surface area contributed by atoms with Crippen LogP contribution in [0.5, 0.6) is 11.5 Å². The van der Waals surface area contributed by atoms with E-state index in [2.05, 4.69) is 0 Å². The molecule has 0 radical (unpaired) electrons. The average Bonchev–Trinajstić information content (AvgIpc) is 3.32. The van der Waals surface area contributed by atoms with Gasteiger partial charge in [0.25, 0.3) is 0 Å². The molecule has 3 aliphatic heterocycles. The van der Waals surface area contributed by atoms with E-state index in [4.69, 9.17) is 61.1 Å². The number of benzene rings is 1. The van der Waals surface area contributed by atoms with E-state index in [1.165, 1.54) is 33.1 Å². The van der Waals surface area contributed by atoms with Crippen LogP contribution in [0.3, 0.4) is 0 Å². The van der Waals surface area contributed by atoms with Crippen molar-refractivity contribution in [1.82, 2.24) is 0 Å². The molecule has 0 bridgehead atoms. The molecule has 2 fully saturated rings. The number of aliphatic hydroxyl groups excluding tert-OH is 5. The molecular weight excluding hydrogens is 983 g/mol. The lowest BCUT2D eigenvalue weighted by atomic mass is 9.88. The van der Waals surface area contributed by atoms with Crippen molar-refractivity contribution in [3.05, 3.63) is 79.9 Å². The Hall–Kier alpha value is -3.89. The van der Waals surface area contributed by atoms with Crippen LogP contribution in [0.2, 0.25) is 10.0 Å². The van der Waals surface area contributed by atoms with E-state index in [1.54, 1.807) is 53.7 Å². The van der Waals surface area contributed by atoms with E-state index in [0.29, 0.717) is 23.1 Å². The van der Waals surface area contributed by atoms with Crippen LogP contribution in [0, 0.1) is 11.8 Å². The number of aromatic hydroxyl groups is 2. The summed E-state index contributed by atoms with van der Waals surface area (Å²) in [6.07, 6.45) is -5.45. The number of aliphatic hydroxyl groups is 5. The monoisotopic (exact) mass is 1060 g/mol. The van der Waals surface area contributed by atoms with Crippen molar-refractivity contribution in [3.8, 4) is 11.5 Å². The second-order valence-electron chi connectivity index (χ2n) is 19.4. The minimum Gasteiger partial charge on any atom is -0.505 e. The minimum absolute atomic E-state index is 0.0372. The standard InChI is InChI=1S/C52H74Cl2O18/c1-13-30-22-26(6)33(56)18-16-15-17-31(23-66-51-45(65-12)42(61)44(29(9)67-51)69-49(64)35-32(14-2)36(53)39(58)37(54)38(35)57)48(63)68-34(28(8)55)20-19-25(5)21-27(7)43(30)70-50-41(60)40(59)46(52(10,11)72-50)71-47(62)24(3)4/h15-17,19,21-22,24,28-30,33-34,40-46,50-51,55-61H,13-14,18,20,23H2,1-12H3/b16-15+,25-19+,26-22+,27-21+,31-17+/t28-,29+,30-,33-,34-,40+,41-,42-,43-,44+,45+,46-,50+,51+/m0/s1. The number of carbonyl (C=O) groups is 3. The molecule has 1 aromatic carbocycles. The number of allylic oxidation sites excluding steroid dienone is 4. The molecule has 3 aliphatic rings. The van der Waals surface area contributed by atoms with Crippen molar-refractivity contribution in [1.29, 1.82) is 0 Å². The fourth-order valence-electron chi connectivity index (χ4n) is 8.60. The van der Waals surface area contributed by atoms with Gasteiger partial charge in [-0.1, -0.05) is 86.9 Å². The van der Waals surface area contributed by atoms with Gasteiger partial charge in [-0.05, 0) is 90.5 Å². The van der Waals surface area contributed by atoms with Gasteiger partial charge in [0, 0.05) is 19.4 Å². The van der Waals surface area contributed by atoms with Crippen LogP contribution in [0.4, 0.5) is 0 Å². The zero-order valence-electron chi connectivity index (χ0n) is 43.0. The second kappa shape index (κ2) is 26.5. The number of ether oxygens (including phenoxy) is 8. The number of methoxy groups -OCH3 is 1. The number of esters is 3. The largest absolute Gasteiger partial charge is 0.505 e. The first-order valence-corrected chi connectivity index (χ1v) is 24.9. The first kappa shape index (κ1) is 60.7. The number of phenols is 2. The summed E-state index contributed by atoms with van der Waals surface area (Å²) in [5, 5.41) is 76.5. The Balaban J connectivity index is 1.61. The minimum atomic E-state index is -1.61. The molecule has 1 aromatic rings. The fourth-order valence-corrected chi connectivity index (χ4v) is 9.16. The first-order valence-electron chi connectivity index (χ1n) is 24.2. The number of carbonyl (C=O) groups excluding carboxylic acids is 3. The number of rotatable bonds is 13. The molecule has 0 unspecified atom stereocenters. The van der Waals surface area contributed by atoms with Crippen molar-refractivity contribution < 1.29 is 88.0 Å². The SMILES string of the molecule is CCc1c(Cl)c(O)c(Cl)c(O)c1C(=O)O[C@H]1[C@H](O)[C@@H](OC)[C@H](OC/C2=C\C=C\C[C@H](O)/C(C)=C/[C@H](CC)[C@@H](O[C@@H]3OC(C)(C)[C@@H](OC(=O)C(C)C)[C@H](O)[C@@H]3O)/C(C)=C/C(C)=C/C[C@@H]([C@H](C)O)OC2=O)O[C@@H]1C. The number of hydrogen-bond acceptors (Lipinski definition) is 18. The smallest absolute Gasteiger partial charge is 0.342 e. The molecule has 0 aliphatic carbocycles. The van der Waals surface area contributed by atoms with Gasteiger partial charge in [0.2, 0.25) is 0 Å². The fraction of sp³-hybridized carbons (Fsp3) is 0.635. The van der Waals surface area contributed by atoms with Crippen LogP contribution < -0.4 is 0 Å². The van der Waals surface area contributed by atoms with Gasteiger partial charge in [0.1, 0.15) is 46.7 Å². The zero-order valence-corrected chi connectivity index (χ0v) is 44.5. The van der Waals surface area contributed by atoms with Gasteiger partial charge >= 0.3 is 17.9 Å². The van der Waals surface area contributed by atoms with Crippen LogP contribution in [0.25, 0.3) is 0 Å². The normalized spacial score (nSPS) is 34.8. The summed E-state index contributed by atoms with van der Waals surface area (Å²) in [5.41, 5.74) is 0.318. The van der Waals surface area contributed by atoms with Crippen molar-refractivity contribution in [2.75, 3.05) is 13.7 Å². The molecular formula is C52H74Cl2O18. The third-order valence-corrected chi connectivity index (χ3v) is 13.8. The first-order chi connectivity index (χ1) is 33.7. The Morgan fingerprint density at radius 2 is 1.57 bits per heavy atom. The quantitative estimate of drug-likeness (QED) is 0.0655. The lowest BCUT2D eigenvalue weighted by Crippen LogP contribution is -2.64. The Bertz CT molecular complexity index is 2220. The maximum Gasteiger partial charge on any atom is 0.342 e. The van der Waals surface area contributed by atoms with Crippen molar-refractivity contribution in [3.63, 3.8) is 0 Å². The Morgan fingerprint density at radius 3 is 2.17 bits per heavy atom. The van der Waals surface area contributed by atoms with Gasteiger partial charge < -0.3 is 73.6 Å². The topological polar surface area (TPSA) is 267 Å². The molecule has 0 saturated carbocycles. The summed E-state index contributed by atoms with van der Waals surface area (Å²) in [5.74, 6) is -4.78. The van der Waals surface area contributed by atoms with Crippen LogP contribution in [-0.2, 0) is 53.9 Å². The van der Waals surface area contributed by atoms with Gasteiger partial charge in [0.15, 0.2) is 36.3 Å². The molecule has 20 heteroatoms. The van der Waals surface area contributed by atoms with E-state index in [-0.39, 0.29) is 35.4 Å². The maximum absolute atomic E-state index is 13.9. The highest BCUT2D eigenvalue weighted by molar-refractivity contribution is 6.39. The molecule has 2 saturated heterocycles. The third-order valence-electron chi connectivity index (χ3n) is 13.0. The molecule has 0 aromatic heterocycles. The van der Waals surface area contributed by atoms with Crippen LogP contribution in [-0.4, -0.2) is 153 Å². The number of phenolic OH excluding ortho intramolecular Hbond substituents is 2. The predicted octanol–water partition coefficient (Wildman–Crippen LogP) is 6.23. The Morgan fingerprint density at radius 1 is 0.903 bits per heavy atom. The van der Waals surface area contributed by atoms with Crippen LogP contribution in [0.1, 0.15) is 111 Å². The summed E-state index contributed by atoms with van der Waals surface area (Å²) >= 11 is 12.3. The lowest BCUT2D eigenvalue weighted by molar-refractivity contribution is -0.333. The van der Waals surface area contributed by atoms with Gasteiger partial charge in [0.05, 0.1) is 47.5 Å². The molecule has 7 N–H and O–H groups in total. The summed E-state index contributed by atoms with van der Waals surface area (Å²) in [6, 6.07) is 0. The second-order valence-corrected chi connectivity index (χ2v) is 20.1. The lowest BCUT2D eigenvalue weighted by Gasteiger charge is -2.47. The molecule has 3 heterocycles. The zero-order chi connectivity index (χ0) is 54.1. The molecule has 0 spiro atoms. The van der Waals surface area contributed by atoms with E-state index < -0.39 is 144 Å². The molecule has 4 rings (SSSR count). The average molecular weight is 1060 g/mol. The Kier molecular flexibility index (Phi) is 22.4. The summed E-state index contributed by atoms with van der Waals surface area (Å²) < 4.78 is 47.5. The summed E-state index contributed by atoms with van der Waals surface area (Å²) in [4.78, 5) is 40.0. The molecule has 404 valence electrons. The van der Waals surface area contributed by atoms with E-state index in [0.717, 1.165) is 0 Å². The van der Waals surface area contributed by atoms with Gasteiger partial charge in [-0.15, -0.1) is 0 Å². The number of halogens is 2. The van der Waals surface area contributed by atoms with E-state index in [9.17, 15) is 50.1 Å². The molecule has 0 amide bonds. The highest BCUT2D eigenvalue weighted by Gasteiger charge is 2.53. The van der Waals surface area contributed by atoms with Crippen molar-refractivity contribution >= 4 is 41.1 Å². The summed E-state index contributed by atoms with van der Waals surface area (Å²) in [7, 11) is 1.26. The van der Waals surface area contributed by atoms with Crippen LogP contribution in [0.15, 0.2) is 58.7 Å². The van der Waals surface area contributed by atoms with E-state index in [1.807, 2.05) is 32.9 Å². The van der Waals surface area contributed by atoms with Crippen molar-refractivity contribution in [2.45, 2.75) is 187 Å². The predicted molar refractivity (Wildman–Crippen MR) is 265 cm³/mol. The highest BCUT2D eigenvalue weighted by atomic mass is 35.5. The number of hydrogen-bond donors (Lipinski definition) is 7. The Labute approximate surface area is 431 Å². The molecule has 18 nitrogen and oxygen atoms in total. The van der Waals surface area contributed by atoms with E-state index >= 15 is 0 Å². The third kappa shape index (κ3) is 14.7. The van der Waals surface area contributed by atoms with Crippen molar-refractivity contribution in [2.24, 2.45) is 11.8 Å². The van der Waals surface area contributed by atoms with Gasteiger partial charge in [-0.3, -0.25) is 4.79 Å². The van der Waals surface area contributed by atoms with Gasteiger partial charge in [-0.2, -0.15) is 0 Å². The highest BCUT2D eigenvalue weighted by Crippen LogP contribution is 2.45. The molecule has 72 heavy (non-hydrogen) atoms. The van der Waals surface area contributed by atoms with Gasteiger partial charge in [-0.25, -0.2) is 9.59 Å². The van der Waals surface area contributed by atoms with Crippen LogP contribution >= 0.6 is 23.2 Å². The number of cyclic esters (lactones) is 1. The maximum atomic E-state index is 13.9. The molecule has 14 atom stereocenters.